The van der Waals surface area contributed by atoms with Crippen LogP contribution in [0.15, 0.2) is 25.3 Å². The van der Waals surface area contributed by atoms with Crippen LogP contribution in [0.5, 0.6) is 0 Å². The second kappa shape index (κ2) is 6.18. The number of carboxylic acid groups (broad SMARTS) is 2. The van der Waals surface area contributed by atoms with Crippen molar-refractivity contribution in [2.24, 2.45) is 0 Å². The standard InChI is InChI=1S/C10H14O8S2/c1-3-5-19(15,16)10(9(13)14,7-8(11)12)20(17,18)6-4-2/h3-4H,1-2,5-7H2,(H,11,12)(H,13,14). The van der Waals surface area contributed by atoms with Crippen LogP contribution in [-0.2, 0) is 29.3 Å². The van der Waals surface area contributed by atoms with Crippen molar-refractivity contribution in [2.45, 2.75) is 10.5 Å². The van der Waals surface area contributed by atoms with Crippen molar-refractivity contribution >= 4 is 31.6 Å². The lowest BCUT2D eigenvalue weighted by Gasteiger charge is -2.26. The molecule has 0 spiro atoms. The second-order valence-electron chi connectivity index (χ2n) is 3.77. The van der Waals surface area contributed by atoms with Crippen molar-refractivity contribution in [3.8, 4) is 0 Å². The minimum Gasteiger partial charge on any atom is -0.481 e. The molecule has 0 amide bonds. The molecule has 0 radical (unpaired) electrons. The molecular weight excluding hydrogens is 312 g/mol. The van der Waals surface area contributed by atoms with Gasteiger partial charge in [0.15, 0.2) is 19.7 Å². The van der Waals surface area contributed by atoms with Gasteiger partial charge in [-0.2, -0.15) is 0 Å². The van der Waals surface area contributed by atoms with E-state index in [1.165, 1.54) is 0 Å². The maximum Gasteiger partial charge on any atom is 0.341 e. The van der Waals surface area contributed by atoms with Crippen LogP contribution >= 0.6 is 0 Å². The molecule has 0 aliphatic carbocycles. The molecule has 0 atom stereocenters. The third-order valence-corrected chi connectivity index (χ3v) is 7.91. The zero-order valence-electron chi connectivity index (χ0n) is 10.4. The monoisotopic (exact) mass is 326 g/mol. The highest BCUT2D eigenvalue weighted by Gasteiger charge is 2.61. The van der Waals surface area contributed by atoms with E-state index in [0.717, 1.165) is 12.2 Å². The van der Waals surface area contributed by atoms with Crippen LogP contribution in [0.25, 0.3) is 0 Å². The molecule has 0 aromatic heterocycles. The minimum atomic E-state index is -4.84. The summed E-state index contributed by atoms with van der Waals surface area (Å²) in [6, 6.07) is 0. The summed E-state index contributed by atoms with van der Waals surface area (Å²) >= 11 is 0. The predicted molar refractivity (Wildman–Crippen MR) is 70.6 cm³/mol. The highest BCUT2D eigenvalue weighted by Crippen LogP contribution is 2.31. The van der Waals surface area contributed by atoms with Crippen molar-refractivity contribution in [3.63, 3.8) is 0 Å². The second-order valence-corrected chi connectivity index (χ2v) is 8.55. The van der Waals surface area contributed by atoms with Gasteiger partial charge in [0, 0.05) is 0 Å². The lowest BCUT2D eigenvalue weighted by atomic mass is 10.3. The average Bonchev–Trinajstić information content (AvgIpc) is 2.24. The number of carboxylic acids is 2. The molecule has 0 saturated heterocycles. The minimum absolute atomic E-state index is 0.790. The number of hydrogen-bond acceptors (Lipinski definition) is 6. The van der Waals surface area contributed by atoms with Crippen LogP contribution in [0.3, 0.4) is 0 Å². The summed E-state index contributed by atoms with van der Waals surface area (Å²) in [5.41, 5.74) is 0. The van der Waals surface area contributed by atoms with Crippen molar-refractivity contribution < 1.29 is 36.6 Å². The van der Waals surface area contributed by atoms with E-state index in [9.17, 15) is 26.4 Å². The highest BCUT2D eigenvalue weighted by atomic mass is 32.3. The van der Waals surface area contributed by atoms with Gasteiger partial charge in [0.2, 0.25) is 0 Å². The molecule has 0 aromatic carbocycles. The molecule has 10 heteroatoms. The first-order chi connectivity index (χ1) is 8.98. The van der Waals surface area contributed by atoms with E-state index in [-0.39, 0.29) is 0 Å². The Balaban J connectivity index is 6.57. The van der Waals surface area contributed by atoms with E-state index in [1.807, 2.05) is 0 Å². The topological polar surface area (TPSA) is 143 Å². The van der Waals surface area contributed by atoms with Gasteiger partial charge < -0.3 is 10.2 Å². The fourth-order valence-electron chi connectivity index (χ4n) is 1.53. The fraction of sp³-hybridized carbons (Fsp3) is 0.400. The zero-order valence-corrected chi connectivity index (χ0v) is 12.0. The Bertz CT molecular complexity index is 586. The molecule has 0 unspecified atom stereocenters. The third kappa shape index (κ3) is 3.07. The molecule has 114 valence electrons. The van der Waals surface area contributed by atoms with Crippen LogP contribution in [0.1, 0.15) is 6.42 Å². The summed E-state index contributed by atoms with van der Waals surface area (Å²) in [4.78, 5) is 22.1. The van der Waals surface area contributed by atoms with Gasteiger partial charge in [-0.05, 0) is 0 Å². The van der Waals surface area contributed by atoms with Gasteiger partial charge in [0.05, 0.1) is 17.9 Å². The summed E-state index contributed by atoms with van der Waals surface area (Å²) < 4.78 is 44.6. The van der Waals surface area contributed by atoms with Crippen molar-refractivity contribution in [1.82, 2.24) is 0 Å². The van der Waals surface area contributed by atoms with Crippen LogP contribution in [0, 0.1) is 0 Å². The SMILES string of the molecule is C=CCS(=O)(=O)C(CC(=O)O)(C(=O)O)S(=O)(=O)CC=C. The van der Waals surface area contributed by atoms with E-state index < -0.39 is 53.6 Å². The highest BCUT2D eigenvalue weighted by molar-refractivity contribution is 8.11. The Labute approximate surface area is 116 Å². The van der Waals surface area contributed by atoms with Gasteiger partial charge in [-0.1, -0.05) is 12.2 Å². The lowest BCUT2D eigenvalue weighted by molar-refractivity contribution is -0.144. The Morgan fingerprint density at radius 3 is 1.50 bits per heavy atom. The largest absolute Gasteiger partial charge is 0.481 e. The van der Waals surface area contributed by atoms with Gasteiger partial charge in [-0.15, -0.1) is 13.2 Å². The maximum absolute atomic E-state index is 12.0. The van der Waals surface area contributed by atoms with E-state index in [4.69, 9.17) is 10.2 Å². The fourth-order valence-corrected chi connectivity index (χ4v) is 5.87. The van der Waals surface area contributed by atoms with Crippen LogP contribution < -0.4 is 0 Å². The molecule has 0 aliphatic heterocycles. The molecule has 20 heavy (non-hydrogen) atoms. The Morgan fingerprint density at radius 2 is 1.30 bits per heavy atom. The lowest BCUT2D eigenvalue weighted by Crippen LogP contribution is -2.55. The Morgan fingerprint density at radius 1 is 0.950 bits per heavy atom. The zero-order chi connectivity index (χ0) is 16.2. The van der Waals surface area contributed by atoms with Gasteiger partial charge in [0.25, 0.3) is 4.08 Å². The third-order valence-electron chi connectivity index (χ3n) is 2.39. The van der Waals surface area contributed by atoms with E-state index >= 15 is 0 Å². The molecule has 0 aromatic rings. The molecule has 0 rings (SSSR count). The molecule has 2 N–H and O–H groups in total. The molecular formula is C10H14O8S2. The van der Waals surface area contributed by atoms with Crippen molar-refractivity contribution in [1.29, 1.82) is 0 Å². The van der Waals surface area contributed by atoms with Crippen LogP contribution in [0.2, 0.25) is 0 Å². The summed E-state index contributed by atoms with van der Waals surface area (Å²) in [6.07, 6.45) is -0.0225. The smallest absolute Gasteiger partial charge is 0.341 e. The summed E-state index contributed by atoms with van der Waals surface area (Å²) in [7, 11) is -9.68. The number of sulfone groups is 2. The Kier molecular flexibility index (Phi) is 5.66. The van der Waals surface area contributed by atoms with Gasteiger partial charge >= 0.3 is 11.9 Å². The first kappa shape index (κ1) is 18.3. The van der Waals surface area contributed by atoms with Crippen molar-refractivity contribution in [2.75, 3.05) is 11.5 Å². The summed E-state index contributed by atoms with van der Waals surface area (Å²) in [5.74, 6) is -6.09. The van der Waals surface area contributed by atoms with Gasteiger partial charge in [-0.25, -0.2) is 21.6 Å². The van der Waals surface area contributed by atoms with E-state index in [2.05, 4.69) is 13.2 Å². The first-order valence-electron chi connectivity index (χ1n) is 5.10. The number of hydrogen-bond donors (Lipinski definition) is 2. The molecule has 0 heterocycles. The van der Waals surface area contributed by atoms with Gasteiger partial charge in [0.1, 0.15) is 0 Å². The normalized spacial score (nSPS) is 12.6. The van der Waals surface area contributed by atoms with Crippen LogP contribution in [0.4, 0.5) is 0 Å². The molecule has 0 fully saturated rings. The van der Waals surface area contributed by atoms with Crippen LogP contribution in [-0.4, -0.2) is 54.6 Å². The summed E-state index contributed by atoms with van der Waals surface area (Å²) in [6.45, 7) is 6.18. The Hall–Kier alpha value is -1.68. The number of carbonyl (C=O) groups is 2. The average molecular weight is 326 g/mol. The first-order valence-corrected chi connectivity index (χ1v) is 8.40. The number of aliphatic carboxylic acids is 2. The summed E-state index contributed by atoms with van der Waals surface area (Å²) in [5, 5.41) is 17.8. The molecule has 8 nitrogen and oxygen atoms in total. The van der Waals surface area contributed by atoms with Gasteiger partial charge in [-0.3, -0.25) is 4.79 Å². The molecule has 0 aliphatic rings. The van der Waals surface area contributed by atoms with E-state index in [1.54, 1.807) is 0 Å². The molecule has 0 saturated carbocycles. The van der Waals surface area contributed by atoms with Crippen molar-refractivity contribution in [3.05, 3.63) is 25.3 Å². The predicted octanol–water partition coefficient (Wildman–Crippen LogP) is -0.556. The maximum atomic E-state index is 12.0. The molecule has 0 bridgehead atoms. The quantitative estimate of drug-likeness (QED) is 0.537. The number of rotatable bonds is 9. The van der Waals surface area contributed by atoms with E-state index in [0.29, 0.717) is 0 Å².